The fraction of sp³-hybridized carbons (Fsp3) is 0.308. The second-order valence-corrected chi connectivity index (χ2v) is 8.03. The topological polar surface area (TPSA) is 42.4 Å². The minimum Gasteiger partial charge on any atom is -0.497 e. The van der Waals surface area contributed by atoms with Crippen molar-refractivity contribution in [3.8, 4) is 5.75 Å². The third kappa shape index (κ3) is 4.70. The van der Waals surface area contributed by atoms with Gasteiger partial charge in [0.05, 0.1) is 7.11 Å². The number of aryl methyl sites for hydroxylation is 1. The molecule has 0 radical (unpaired) electrons. The molecular formula is C26H28N2O2. The van der Waals surface area contributed by atoms with E-state index >= 15 is 0 Å². The third-order valence-corrected chi connectivity index (χ3v) is 5.73. The molecule has 2 heterocycles. The molecule has 4 nitrogen and oxygen atoms in total. The Kier molecular flexibility index (Phi) is 6.12. The van der Waals surface area contributed by atoms with Gasteiger partial charge in [-0.15, -0.1) is 0 Å². The summed E-state index contributed by atoms with van der Waals surface area (Å²) in [5, 5.41) is 0. The number of nitrogens with zero attached hydrogens (tertiary/aromatic N) is 2. The van der Waals surface area contributed by atoms with Crippen molar-refractivity contribution in [3.63, 3.8) is 0 Å². The summed E-state index contributed by atoms with van der Waals surface area (Å²) in [6.45, 7) is 3.55. The van der Waals surface area contributed by atoms with Gasteiger partial charge < -0.3 is 9.64 Å². The van der Waals surface area contributed by atoms with Gasteiger partial charge in [0.1, 0.15) is 5.75 Å². The molecule has 2 aromatic carbocycles. The second-order valence-electron chi connectivity index (χ2n) is 8.03. The number of rotatable bonds is 5. The summed E-state index contributed by atoms with van der Waals surface area (Å²) in [5.41, 5.74) is 5.39. The summed E-state index contributed by atoms with van der Waals surface area (Å²) in [6.07, 6.45) is 2.95. The van der Waals surface area contributed by atoms with Crippen LogP contribution in [0.2, 0.25) is 0 Å². The van der Waals surface area contributed by atoms with Gasteiger partial charge >= 0.3 is 0 Å². The van der Waals surface area contributed by atoms with E-state index in [4.69, 9.17) is 9.72 Å². The highest BCUT2D eigenvalue weighted by Gasteiger charge is 2.27. The molecule has 0 spiro atoms. The summed E-state index contributed by atoms with van der Waals surface area (Å²) in [7, 11) is 1.62. The number of amides is 1. The van der Waals surface area contributed by atoms with Gasteiger partial charge in [0, 0.05) is 36.0 Å². The highest BCUT2D eigenvalue weighted by atomic mass is 16.5. The molecular weight excluding hydrogens is 372 g/mol. The molecule has 0 bridgehead atoms. The number of aromatic nitrogens is 1. The first-order valence-electron chi connectivity index (χ1n) is 10.6. The summed E-state index contributed by atoms with van der Waals surface area (Å²) < 4.78 is 5.28. The van der Waals surface area contributed by atoms with Gasteiger partial charge in [0.15, 0.2) is 0 Å². The van der Waals surface area contributed by atoms with Crippen LogP contribution in [-0.4, -0.2) is 36.0 Å². The molecule has 0 N–H and O–H groups in total. The zero-order valence-corrected chi connectivity index (χ0v) is 17.7. The molecule has 1 aromatic heterocycles. The number of likely N-dealkylation sites (tertiary alicyclic amines) is 1. The lowest BCUT2D eigenvalue weighted by Crippen LogP contribution is -2.39. The molecule has 0 saturated carbocycles. The molecule has 1 aliphatic rings. The van der Waals surface area contributed by atoms with E-state index in [0.717, 1.165) is 37.2 Å². The molecule has 4 rings (SSSR count). The summed E-state index contributed by atoms with van der Waals surface area (Å²) >= 11 is 0. The number of piperidine rings is 1. The van der Waals surface area contributed by atoms with E-state index in [2.05, 4.69) is 43.3 Å². The molecule has 1 amide bonds. The second kappa shape index (κ2) is 9.12. The van der Waals surface area contributed by atoms with Gasteiger partial charge in [-0.25, -0.2) is 0 Å². The number of benzene rings is 2. The van der Waals surface area contributed by atoms with E-state index in [0.29, 0.717) is 17.9 Å². The molecule has 1 aliphatic heterocycles. The maximum atomic E-state index is 13.1. The maximum Gasteiger partial charge on any atom is 0.254 e. The molecule has 3 aromatic rings. The molecule has 1 fully saturated rings. The number of ether oxygens (including phenoxy) is 1. The van der Waals surface area contributed by atoms with Crippen LogP contribution in [0.25, 0.3) is 0 Å². The number of methoxy groups -OCH3 is 1. The summed E-state index contributed by atoms with van der Waals surface area (Å²) in [4.78, 5) is 19.9. The molecule has 0 unspecified atom stereocenters. The van der Waals surface area contributed by atoms with Crippen molar-refractivity contribution < 1.29 is 9.53 Å². The number of hydrogen-bond donors (Lipinski definition) is 0. The van der Waals surface area contributed by atoms with Crippen LogP contribution < -0.4 is 4.74 Å². The smallest absolute Gasteiger partial charge is 0.254 e. The molecule has 4 heteroatoms. The first kappa shape index (κ1) is 20.1. The lowest BCUT2D eigenvalue weighted by Gasteiger charge is -2.33. The zero-order valence-electron chi connectivity index (χ0n) is 17.7. The molecule has 1 atom stereocenters. The van der Waals surface area contributed by atoms with E-state index in [9.17, 15) is 4.79 Å². The van der Waals surface area contributed by atoms with Crippen molar-refractivity contribution in [2.75, 3.05) is 20.2 Å². The van der Waals surface area contributed by atoms with Crippen LogP contribution in [0.1, 0.15) is 51.6 Å². The number of carbonyl (C=O) groups excluding carboxylic acids is 1. The van der Waals surface area contributed by atoms with Crippen molar-refractivity contribution in [1.82, 2.24) is 9.88 Å². The quantitative estimate of drug-likeness (QED) is 0.605. The van der Waals surface area contributed by atoms with Crippen LogP contribution in [0.5, 0.6) is 5.75 Å². The van der Waals surface area contributed by atoms with Crippen molar-refractivity contribution in [3.05, 3.63) is 94.8 Å². The Morgan fingerprint density at radius 3 is 2.70 bits per heavy atom. The monoisotopic (exact) mass is 400 g/mol. The minimum atomic E-state index is 0.0655. The zero-order chi connectivity index (χ0) is 20.9. The largest absolute Gasteiger partial charge is 0.497 e. The van der Waals surface area contributed by atoms with E-state index in [1.54, 1.807) is 7.11 Å². The van der Waals surface area contributed by atoms with Crippen molar-refractivity contribution in [2.24, 2.45) is 0 Å². The van der Waals surface area contributed by atoms with Crippen molar-refractivity contribution >= 4 is 5.91 Å². The number of hydrogen-bond acceptors (Lipinski definition) is 3. The Hall–Kier alpha value is -3.14. The molecule has 0 aliphatic carbocycles. The highest BCUT2D eigenvalue weighted by Crippen LogP contribution is 2.28. The summed E-state index contributed by atoms with van der Waals surface area (Å²) in [6, 6.07) is 22.3. The van der Waals surface area contributed by atoms with Crippen LogP contribution in [0.15, 0.2) is 66.7 Å². The van der Waals surface area contributed by atoms with Gasteiger partial charge in [-0.05, 0) is 67.6 Å². The van der Waals surface area contributed by atoms with Crippen LogP contribution in [-0.2, 0) is 6.42 Å². The van der Waals surface area contributed by atoms with E-state index in [-0.39, 0.29) is 11.8 Å². The lowest BCUT2D eigenvalue weighted by molar-refractivity contribution is 0.0705. The average Bonchev–Trinajstić information content (AvgIpc) is 2.79. The summed E-state index contributed by atoms with van der Waals surface area (Å²) in [5.74, 6) is 1.04. The average molecular weight is 401 g/mol. The van der Waals surface area contributed by atoms with Crippen molar-refractivity contribution in [2.45, 2.75) is 32.1 Å². The molecule has 1 saturated heterocycles. The predicted molar refractivity (Wildman–Crippen MR) is 119 cm³/mol. The van der Waals surface area contributed by atoms with Gasteiger partial charge in [0.25, 0.3) is 5.91 Å². The first-order valence-corrected chi connectivity index (χ1v) is 10.6. The number of pyridine rings is 1. The van der Waals surface area contributed by atoms with Crippen LogP contribution in [0, 0.1) is 6.92 Å². The van der Waals surface area contributed by atoms with Crippen LogP contribution in [0.3, 0.4) is 0 Å². The Morgan fingerprint density at radius 2 is 1.90 bits per heavy atom. The maximum absolute atomic E-state index is 13.1. The molecule has 154 valence electrons. The minimum absolute atomic E-state index is 0.0655. The van der Waals surface area contributed by atoms with Crippen LogP contribution in [0.4, 0.5) is 0 Å². The third-order valence-electron chi connectivity index (χ3n) is 5.73. The fourth-order valence-corrected chi connectivity index (χ4v) is 4.25. The van der Waals surface area contributed by atoms with Gasteiger partial charge in [0.2, 0.25) is 0 Å². The van der Waals surface area contributed by atoms with Crippen molar-refractivity contribution in [1.29, 1.82) is 0 Å². The van der Waals surface area contributed by atoms with Gasteiger partial charge in [-0.1, -0.05) is 36.4 Å². The van der Waals surface area contributed by atoms with E-state index in [1.807, 2.05) is 35.2 Å². The van der Waals surface area contributed by atoms with E-state index in [1.165, 1.54) is 11.1 Å². The molecule has 30 heavy (non-hydrogen) atoms. The first-order chi connectivity index (χ1) is 14.6. The highest BCUT2D eigenvalue weighted by molar-refractivity contribution is 5.94. The number of carbonyl (C=O) groups is 1. The lowest BCUT2D eigenvalue weighted by atomic mass is 9.92. The Morgan fingerprint density at radius 1 is 1.07 bits per heavy atom. The Labute approximate surface area is 178 Å². The fourth-order valence-electron chi connectivity index (χ4n) is 4.25. The normalized spacial score (nSPS) is 16.3. The predicted octanol–water partition coefficient (Wildman–Crippen LogP) is 5.01. The van der Waals surface area contributed by atoms with Crippen LogP contribution >= 0.6 is 0 Å². The Bertz CT molecular complexity index is 1020. The SMILES string of the molecule is COc1cccc(C(=O)N2CCC[C@H](c3cc(Cc4ccccc4)cc(C)n3)C2)c1. The van der Waals surface area contributed by atoms with E-state index < -0.39 is 0 Å². The van der Waals surface area contributed by atoms with Gasteiger partial charge in [-0.3, -0.25) is 9.78 Å². The standard InChI is InChI=1S/C26H28N2O2/c1-19-14-21(15-20-8-4-3-5-9-20)16-25(27-19)23-11-7-13-28(18-23)26(29)22-10-6-12-24(17-22)30-2/h3-6,8-10,12,14,16-17,23H,7,11,13,15,18H2,1-2H3/t23-/m0/s1. The Balaban J connectivity index is 1.52. The van der Waals surface area contributed by atoms with Gasteiger partial charge in [-0.2, -0.15) is 0 Å².